The van der Waals surface area contributed by atoms with E-state index in [-0.39, 0.29) is 17.8 Å². The van der Waals surface area contributed by atoms with Crippen molar-refractivity contribution in [3.05, 3.63) is 75.7 Å². The van der Waals surface area contributed by atoms with E-state index in [1.807, 2.05) is 43.1 Å². The molecular formula is C24H21N5O3. The molecule has 1 aromatic carbocycles. The number of benzene rings is 1. The highest BCUT2D eigenvalue weighted by Crippen LogP contribution is 2.35. The number of fused-ring (bicyclic) bond motifs is 1. The first-order valence-electron chi connectivity index (χ1n) is 10.4. The monoisotopic (exact) mass is 427 g/mol. The Bertz CT molecular complexity index is 1300. The number of ether oxygens (including phenoxy) is 1. The number of aryl methyl sites for hydroxylation is 1. The van der Waals surface area contributed by atoms with Crippen LogP contribution in [0.5, 0.6) is 0 Å². The van der Waals surface area contributed by atoms with E-state index in [1.54, 1.807) is 10.9 Å². The summed E-state index contributed by atoms with van der Waals surface area (Å²) in [6.45, 7) is 5.25. The number of nitriles is 1. The minimum absolute atomic E-state index is 0.0846. The van der Waals surface area contributed by atoms with Gasteiger partial charge in [0.15, 0.2) is 5.82 Å². The van der Waals surface area contributed by atoms with Gasteiger partial charge in [-0.15, -0.1) is 0 Å². The second kappa shape index (κ2) is 7.61. The van der Waals surface area contributed by atoms with Crippen LogP contribution in [0.25, 0.3) is 5.82 Å². The quantitative estimate of drug-likeness (QED) is 0.594. The molecule has 4 heterocycles. The summed E-state index contributed by atoms with van der Waals surface area (Å²) < 4.78 is 6.81. The molecular weight excluding hydrogens is 406 g/mol. The number of nitrogens with zero attached hydrogens (tertiary/aromatic N) is 5. The maximum atomic E-state index is 12.7. The molecule has 160 valence electrons. The van der Waals surface area contributed by atoms with Crippen LogP contribution < -0.4 is 0 Å². The van der Waals surface area contributed by atoms with Crippen LogP contribution in [0.1, 0.15) is 56.1 Å². The van der Waals surface area contributed by atoms with E-state index >= 15 is 0 Å². The highest BCUT2D eigenvalue weighted by atomic mass is 16.5. The Kier molecular flexibility index (Phi) is 4.74. The molecule has 8 heteroatoms. The van der Waals surface area contributed by atoms with E-state index in [0.29, 0.717) is 43.1 Å². The predicted octanol–water partition coefficient (Wildman–Crippen LogP) is 2.94. The van der Waals surface area contributed by atoms with Crippen LogP contribution in [0.15, 0.2) is 36.8 Å². The summed E-state index contributed by atoms with van der Waals surface area (Å²) in [6, 6.07) is 7.70. The lowest BCUT2D eigenvalue weighted by atomic mass is 9.89. The highest BCUT2D eigenvalue weighted by molar-refractivity contribution is 5.94. The zero-order chi connectivity index (χ0) is 22.4. The van der Waals surface area contributed by atoms with Gasteiger partial charge in [-0.2, -0.15) is 10.4 Å². The summed E-state index contributed by atoms with van der Waals surface area (Å²) in [7, 11) is 0. The van der Waals surface area contributed by atoms with Crippen molar-refractivity contribution in [3.8, 4) is 11.9 Å². The molecule has 1 fully saturated rings. The SMILES string of the molecule is Cc1cc(-n2cc(CN3C[C@@H](c4ccc5c(c4C)COC5=O)CC3=O)cn2)ncc1C#N. The van der Waals surface area contributed by atoms with Crippen molar-refractivity contribution in [2.75, 3.05) is 6.54 Å². The largest absolute Gasteiger partial charge is 0.457 e. The van der Waals surface area contributed by atoms with E-state index < -0.39 is 0 Å². The van der Waals surface area contributed by atoms with Gasteiger partial charge < -0.3 is 9.64 Å². The van der Waals surface area contributed by atoms with E-state index in [2.05, 4.69) is 16.2 Å². The number of carbonyl (C=O) groups excluding carboxylic acids is 2. The molecule has 0 N–H and O–H groups in total. The van der Waals surface area contributed by atoms with Crippen molar-refractivity contribution in [2.45, 2.75) is 39.3 Å². The van der Waals surface area contributed by atoms with Gasteiger partial charge in [0.05, 0.1) is 17.3 Å². The molecule has 2 aliphatic heterocycles. The number of rotatable bonds is 4. The van der Waals surface area contributed by atoms with Crippen molar-refractivity contribution in [3.63, 3.8) is 0 Å². The third-order valence-corrected chi connectivity index (χ3v) is 6.32. The lowest BCUT2D eigenvalue weighted by Gasteiger charge is -2.17. The first kappa shape index (κ1) is 19.9. The van der Waals surface area contributed by atoms with E-state index in [4.69, 9.17) is 10.00 Å². The first-order valence-corrected chi connectivity index (χ1v) is 10.4. The van der Waals surface area contributed by atoms with Gasteiger partial charge in [0.25, 0.3) is 0 Å². The standard InChI is InChI=1S/C24H21N5O3/c1-14-5-22(26-9-18(14)7-25)29-11-16(8-27-29)10-28-12-17(6-23(28)30)19-3-4-20-21(15(19)2)13-32-24(20)31/h3-5,8-9,11,17H,6,10,12-13H2,1-2H3/t17-/m0/s1. The Morgan fingerprint density at radius 2 is 2.09 bits per heavy atom. The molecule has 1 atom stereocenters. The second-order valence-corrected chi connectivity index (χ2v) is 8.32. The van der Waals surface area contributed by atoms with Gasteiger partial charge in [-0.1, -0.05) is 6.07 Å². The summed E-state index contributed by atoms with van der Waals surface area (Å²) in [4.78, 5) is 30.7. The summed E-state index contributed by atoms with van der Waals surface area (Å²) in [5.74, 6) is 0.537. The Balaban J connectivity index is 1.32. The lowest BCUT2D eigenvalue weighted by molar-refractivity contribution is -0.128. The van der Waals surface area contributed by atoms with Crippen LogP contribution in [0.4, 0.5) is 0 Å². The number of carbonyl (C=O) groups is 2. The molecule has 5 rings (SSSR count). The van der Waals surface area contributed by atoms with Gasteiger partial charge in [-0.25, -0.2) is 14.5 Å². The number of cyclic esters (lactones) is 1. The fourth-order valence-electron chi connectivity index (χ4n) is 4.51. The minimum Gasteiger partial charge on any atom is -0.457 e. The maximum absolute atomic E-state index is 12.7. The molecule has 0 radical (unpaired) electrons. The molecule has 32 heavy (non-hydrogen) atoms. The fourth-order valence-corrected chi connectivity index (χ4v) is 4.51. The highest BCUT2D eigenvalue weighted by Gasteiger charge is 2.33. The molecule has 8 nitrogen and oxygen atoms in total. The number of hydrogen-bond donors (Lipinski definition) is 0. The molecule has 2 aliphatic rings. The smallest absolute Gasteiger partial charge is 0.338 e. The first-order chi connectivity index (χ1) is 15.4. The van der Waals surface area contributed by atoms with Crippen molar-refractivity contribution in [1.29, 1.82) is 5.26 Å². The minimum atomic E-state index is -0.275. The van der Waals surface area contributed by atoms with Gasteiger partial charge >= 0.3 is 5.97 Å². The molecule has 3 aromatic rings. The van der Waals surface area contributed by atoms with Gasteiger partial charge in [0, 0.05) is 48.9 Å². The number of aromatic nitrogens is 3. The number of hydrogen-bond acceptors (Lipinski definition) is 6. The molecule has 0 saturated carbocycles. The third-order valence-electron chi connectivity index (χ3n) is 6.32. The Labute approximate surface area is 185 Å². The Hall–Kier alpha value is -3.99. The second-order valence-electron chi connectivity index (χ2n) is 8.32. The Morgan fingerprint density at radius 1 is 1.25 bits per heavy atom. The molecule has 0 aliphatic carbocycles. The fraction of sp³-hybridized carbons (Fsp3) is 0.292. The van der Waals surface area contributed by atoms with Gasteiger partial charge in [-0.05, 0) is 42.7 Å². The van der Waals surface area contributed by atoms with Gasteiger partial charge in [0.2, 0.25) is 5.91 Å². The summed E-state index contributed by atoms with van der Waals surface area (Å²) in [5.41, 5.74) is 5.99. The van der Waals surface area contributed by atoms with E-state index in [9.17, 15) is 9.59 Å². The third kappa shape index (κ3) is 3.32. The van der Waals surface area contributed by atoms with Crippen molar-refractivity contribution >= 4 is 11.9 Å². The number of likely N-dealkylation sites (tertiary alicyclic amines) is 1. The average molecular weight is 427 g/mol. The van der Waals surface area contributed by atoms with Crippen LogP contribution in [0.2, 0.25) is 0 Å². The average Bonchev–Trinajstić information content (AvgIpc) is 3.49. The molecule has 2 aromatic heterocycles. The number of esters is 1. The van der Waals surface area contributed by atoms with Crippen LogP contribution >= 0.6 is 0 Å². The zero-order valence-corrected chi connectivity index (χ0v) is 17.8. The number of pyridine rings is 1. The van der Waals surface area contributed by atoms with Crippen LogP contribution in [-0.4, -0.2) is 38.1 Å². The van der Waals surface area contributed by atoms with Gasteiger partial charge in [0.1, 0.15) is 12.7 Å². The molecule has 0 spiro atoms. The number of amides is 1. The van der Waals surface area contributed by atoms with Crippen molar-refractivity contribution in [1.82, 2.24) is 19.7 Å². The predicted molar refractivity (Wildman–Crippen MR) is 114 cm³/mol. The van der Waals surface area contributed by atoms with Crippen LogP contribution in [0.3, 0.4) is 0 Å². The normalized spacial score (nSPS) is 17.4. The maximum Gasteiger partial charge on any atom is 0.338 e. The summed E-state index contributed by atoms with van der Waals surface area (Å²) >= 11 is 0. The van der Waals surface area contributed by atoms with E-state index in [0.717, 1.165) is 27.8 Å². The van der Waals surface area contributed by atoms with E-state index in [1.165, 1.54) is 6.20 Å². The van der Waals surface area contributed by atoms with Crippen LogP contribution in [0, 0.1) is 25.2 Å². The van der Waals surface area contributed by atoms with Gasteiger partial charge in [-0.3, -0.25) is 4.79 Å². The van der Waals surface area contributed by atoms with Crippen LogP contribution in [-0.2, 0) is 22.7 Å². The molecule has 0 bridgehead atoms. The van der Waals surface area contributed by atoms with Crippen molar-refractivity contribution in [2.24, 2.45) is 0 Å². The lowest BCUT2D eigenvalue weighted by Crippen LogP contribution is -2.24. The van der Waals surface area contributed by atoms with Crippen molar-refractivity contribution < 1.29 is 14.3 Å². The molecule has 1 saturated heterocycles. The zero-order valence-electron chi connectivity index (χ0n) is 17.8. The Morgan fingerprint density at radius 3 is 2.88 bits per heavy atom. The summed E-state index contributed by atoms with van der Waals surface area (Å²) in [6.07, 6.45) is 5.58. The molecule has 1 amide bonds. The molecule has 0 unspecified atom stereocenters. The topological polar surface area (TPSA) is 101 Å². The summed E-state index contributed by atoms with van der Waals surface area (Å²) in [5, 5.41) is 13.5.